The molecule has 13 heavy (non-hydrogen) atoms. The minimum Gasteiger partial charge on any atom is -0.393 e. The molecule has 5 heteroatoms. The van der Waals surface area contributed by atoms with E-state index in [1.54, 1.807) is 13.8 Å². The minimum absolute atomic E-state index is 0.0538. The van der Waals surface area contributed by atoms with E-state index in [0.717, 1.165) is 0 Å². The first kappa shape index (κ1) is 9.80. The third-order valence-electron chi connectivity index (χ3n) is 2.01. The zero-order chi connectivity index (χ0) is 10.2. The van der Waals surface area contributed by atoms with Gasteiger partial charge in [-0.2, -0.15) is 0 Å². The number of benzene rings is 1. The molecule has 0 aliphatic carbocycles. The van der Waals surface area contributed by atoms with Gasteiger partial charge in [-0.05, 0) is 25.5 Å². The Morgan fingerprint density at radius 1 is 1.46 bits per heavy atom. The lowest BCUT2D eigenvalue weighted by Gasteiger charge is -2.05. The van der Waals surface area contributed by atoms with Gasteiger partial charge >= 0.3 is 0 Å². The van der Waals surface area contributed by atoms with E-state index in [2.05, 4.69) is 0 Å². The highest BCUT2D eigenvalue weighted by Crippen LogP contribution is 2.32. The van der Waals surface area contributed by atoms with Crippen LogP contribution in [0.15, 0.2) is 6.07 Å². The molecular formula is C8H9ClN2O2. The maximum atomic E-state index is 10.6. The lowest BCUT2D eigenvalue weighted by atomic mass is 10.1. The Morgan fingerprint density at radius 2 is 2.00 bits per heavy atom. The third-order valence-corrected chi connectivity index (χ3v) is 2.41. The fraction of sp³-hybridized carbons (Fsp3) is 0.250. The minimum atomic E-state index is -0.492. The normalized spacial score (nSPS) is 10.1. The summed E-state index contributed by atoms with van der Waals surface area (Å²) in [6, 6.07) is 1.40. The number of nitrogen functional groups attached to an aromatic ring is 1. The number of rotatable bonds is 1. The Hall–Kier alpha value is -1.29. The molecule has 0 saturated carbocycles. The second-order valence-corrected chi connectivity index (χ2v) is 3.21. The van der Waals surface area contributed by atoms with Crippen LogP contribution in [0.5, 0.6) is 0 Å². The van der Waals surface area contributed by atoms with Gasteiger partial charge in [0.15, 0.2) is 0 Å². The maximum Gasteiger partial charge on any atom is 0.295 e. The molecule has 0 bridgehead atoms. The van der Waals surface area contributed by atoms with Crippen LogP contribution < -0.4 is 5.73 Å². The lowest BCUT2D eigenvalue weighted by Crippen LogP contribution is -2.00. The van der Waals surface area contributed by atoms with Gasteiger partial charge in [0.05, 0.1) is 4.92 Å². The molecular weight excluding hydrogens is 192 g/mol. The van der Waals surface area contributed by atoms with Crippen LogP contribution in [0, 0.1) is 24.0 Å². The first-order valence-corrected chi connectivity index (χ1v) is 4.02. The number of nitro benzene ring substituents is 1. The summed E-state index contributed by atoms with van der Waals surface area (Å²) in [7, 11) is 0. The van der Waals surface area contributed by atoms with E-state index in [9.17, 15) is 10.1 Å². The highest BCUT2D eigenvalue weighted by molar-refractivity contribution is 6.31. The number of nitrogens with two attached hydrogens (primary N) is 1. The molecule has 0 saturated heterocycles. The van der Waals surface area contributed by atoms with Gasteiger partial charge in [0.25, 0.3) is 5.69 Å². The fourth-order valence-electron chi connectivity index (χ4n) is 1.13. The highest BCUT2D eigenvalue weighted by atomic mass is 35.5. The van der Waals surface area contributed by atoms with Crippen LogP contribution in [-0.2, 0) is 0 Å². The summed E-state index contributed by atoms with van der Waals surface area (Å²) < 4.78 is 0. The van der Waals surface area contributed by atoms with Gasteiger partial charge in [-0.3, -0.25) is 10.1 Å². The number of anilines is 1. The van der Waals surface area contributed by atoms with Crippen LogP contribution in [0.2, 0.25) is 5.02 Å². The average Bonchev–Trinajstić information content (AvgIpc) is 1.99. The van der Waals surface area contributed by atoms with Crippen molar-refractivity contribution in [3.63, 3.8) is 0 Å². The van der Waals surface area contributed by atoms with Crippen LogP contribution in [0.25, 0.3) is 0 Å². The van der Waals surface area contributed by atoms with Crippen molar-refractivity contribution in [3.8, 4) is 0 Å². The number of nitro groups is 1. The molecule has 0 aliphatic rings. The summed E-state index contributed by atoms with van der Waals surface area (Å²) >= 11 is 5.79. The summed E-state index contributed by atoms with van der Waals surface area (Å²) in [5, 5.41) is 11.0. The van der Waals surface area contributed by atoms with Crippen LogP contribution in [0.3, 0.4) is 0 Å². The summed E-state index contributed by atoms with van der Waals surface area (Å²) in [5.41, 5.74) is 6.74. The monoisotopic (exact) mass is 200 g/mol. The van der Waals surface area contributed by atoms with Crippen molar-refractivity contribution < 1.29 is 4.92 Å². The molecule has 0 aromatic heterocycles. The Bertz CT molecular complexity index is 377. The van der Waals surface area contributed by atoms with Crippen LogP contribution in [0.4, 0.5) is 11.4 Å². The molecule has 0 aliphatic heterocycles. The van der Waals surface area contributed by atoms with Crippen molar-refractivity contribution in [2.75, 3.05) is 5.73 Å². The van der Waals surface area contributed by atoms with Gasteiger partial charge in [-0.15, -0.1) is 0 Å². The van der Waals surface area contributed by atoms with Crippen molar-refractivity contribution in [1.82, 2.24) is 0 Å². The van der Waals surface area contributed by atoms with Crippen molar-refractivity contribution in [3.05, 3.63) is 32.3 Å². The standard InChI is InChI=1S/C8H9ClN2O2/c1-4-5(2)8(11(12)13)7(10)3-6(4)9/h3H,10H2,1-2H3. The number of hydrogen-bond acceptors (Lipinski definition) is 3. The molecule has 0 amide bonds. The molecule has 4 nitrogen and oxygen atoms in total. The van der Waals surface area contributed by atoms with Crippen molar-refractivity contribution in [2.24, 2.45) is 0 Å². The maximum absolute atomic E-state index is 10.6. The predicted molar refractivity (Wildman–Crippen MR) is 52.0 cm³/mol. The quantitative estimate of drug-likeness (QED) is 0.430. The van der Waals surface area contributed by atoms with Crippen LogP contribution >= 0.6 is 11.6 Å². The summed E-state index contributed by atoms with van der Waals surface area (Å²) in [6.07, 6.45) is 0. The van der Waals surface area contributed by atoms with Crippen molar-refractivity contribution in [1.29, 1.82) is 0 Å². The van der Waals surface area contributed by atoms with Gasteiger partial charge in [-0.1, -0.05) is 11.6 Å². The molecule has 0 radical (unpaired) electrons. The molecule has 1 aromatic carbocycles. The Labute approximate surface area is 80.5 Å². The number of nitrogens with zero attached hydrogens (tertiary/aromatic N) is 1. The van der Waals surface area contributed by atoms with Gasteiger partial charge in [-0.25, -0.2) is 0 Å². The van der Waals surface area contributed by atoms with E-state index in [-0.39, 0.29) is 11.4 Å². The first-order valence-electron chi connectivity index (χ1n) is 3.64. The van der Waals surface area contributed by atoms with E-state index in [0.29, 0.717) is 16.1 Å². The Balaban J connectivity index is 3.53. The van der Waals surface area contributed by atoms with E-state index in [1.165, 1.54) is 6.07 Å². The Kier molecular flexibility index (Phi) is 2.43. The van der Waals surface area contributed by atoms with E-state index < -0.39 is 4.92 Å². The number of hydrogen-bond donors (Lipinski definition) is 1. The van der Waals surface area contributed by atoms with Crippen LogP contribution in [-0.4, -0.2) is 4.92 Å². The molecule has 0 spiro atoms. The molecule has 0 heterocycles. The van der Waals surface area contributed by atoms with Crippen molar-refractivity contribution in [2.45, 2.75) is 13.8 Å². The average molecular weight is 201 g/mol. The highest BCUT2D eigenvalue weighted by Gasteiger charge is 2.18. The van der Waals surface area contributed by atoms with Gasteiger partial charge < -0.3 is 5.73 Å². The molecule has 0 unspecified atom stereocenters. The topological polar surface area (TPSA) is 69.2 Å². The fourth-order valence-corrected chi connectivity index (χ4v) is 1.39. The van der Waals surface area contributed by atoms with Crippen LogP contribution in [0.1, 0.15) is 11.1 Å². The molecule has 70 valence electrons. The van der Waals surface area contributed by atoms with E-state index in [1.807, 2.05) is 0 Å². The smallest absolute Gasteiger partial charge is 0.295 e. The second kappa shape index (κ2) is 3.22. The number of halogens is 1. The Morgan fingerprint density at radius 3 is 2.46 bits per heavy atom. The summed E-state index contributed by atoms with van der Waals surface area (Å²) in [4.78, 5) is 10.1. The summed E-state index contributed by atoms with van der Waals surface area (Å²) in [5.74, 6) is 0. The molecule has 1 aromatic rings. The molecule has 0 atom stereocenters. The van der Waals surface area contributed by atoms with E-state index in [4.69, 9.17) is 17.3 Å². The molecule has 2 N–H and O–H groups in total. The zero-order valence-electron chi connectivity index (χ0n) is 7.30. The lowest BCUT2D eigenvalue weighted by molar-refractivity contribution is -0.384. The largest absolute Gasteiger partial charge is 0.393 e. The van der Waals surface area contributed by atoms with E-state index >= 15 is 0 Å². The molecule has 1 rings (SSSR count). The second-order valence-electron chi connectivity index (χ2n) is 2.80. The zero-order valence-corrected chi connectivity index (χ0v) is 8.05. The predicted octanol–water partition coefficient (Wildman–Crippen LogP) is 2.45. The van der Waals surface area contributed by atoms with Crippen molar-refractivity contribution >= 4 is 23.0 Å². The van der Waals surface area contributed by atoms with Gasteiger partial charge in [0.1, 0.15) is 5.69 Å². The third kappa shape index (κ3) is 1.58. The molecule has 0 fully saturated rings. The van der Waals surface area contributed by atoms with Gasteiger partial charge in [0, 0.05) is 10.6 Å². The summed E-state index contributed by atoms with van der Waals surface area (Å²) in [6.45, 7) is 3.36. The first-order chi connectivity index (χ1) is 5.95. The SMILES string of the molecule is Cc1c(Cl)cc(N)c([N+](=O)[O-])c1C. The van der Waals surface area contributed by atoms with Gasteiger partial charge in [0.2, 0.25) is 0 Å².